The molecule has 10 nitrogen and oxygen atoms in total. The van der Waals surface area contributed by atoms with Crippen LogP contribution in [0.2, 0.25) is 0 Å². The molecule has 3 aromatic carbocycles. The molecule has 43 heavy (non-hydrogen) atoms. The summed E-state index contributed by atoms with van der Waals surface area (Å²) in [6, 6.07) is 17.5. The number of carbonyl (C=O) groups excluding carboxylic acids is 1. The van der Waals surface area contributed by atoms with Crippen molar-refractivity contribution in [2.75, 3.05) is 53.0 Å². The molecule has 0 saturated heterocycles. The average molecular weight is 597 g/mol. The Morgan fingerprint density at radius 1 is 0.767 bits per heavy atom. The number of aryl methyl sites for hydroxylation is 1. The molecule has 234 valence electrons. The van der Waals surface area contributed by atoms with Crippen LogP contribution in [0.4, 0.5) is 10.5 Å². The number of ether oxygens (including phenoxy) is 7. The summed E-state index contributed by atoms with van der Waals surface area (Å²) in [7, 11) is 4.79. The average Bonchev–Trinajstić information content (AvgIpc) is 2.98. The van der Waals surface area contributed by atoms with E-state index in [0.29, 0.717) is 55.1 Å². The summed E-state index contributed by atoms with van der Waals surface area (Å²) in [5, 5.41) is 6.07. The largest absolute Gasteiger partial charge is 0.496 e. The Bertz CT molecular complexity index is 1280. The van der Waals surface area contributed by atoms with Crippen LogP contribution in [0.3, 0.4) is 0 Å². The highest BCUT2D eigenvalue weighted by Crippen LogP contribution is 2.36. The second-order valence-electron chi connectivity index (χ2n) is 10.7. The number of hydrogen-bond donors (Lipinski definition) is 2. The molecule has 0 radical (unpaired) electrons. The zero-order valence-electron chi connectivity index (χ0n) is 26.2. The zero-order chi connectivity index (χ0) is 31.2. The van der Waals surface area contributed by atoms with E-state index in [1.165, 1.54) is 5.56 Å². The van der Waals surface area contributed by atoms with Crippen LogP contribution in [0, 0.1) is 6.92 Å². The van der Waals surface area contributed by atoms with E-state index in [1.807, 2.05) is 51.1 Å². The minimum Gasteiger partial charge on any atom is -0.496 e. The summed E-state index contributed by atoms with van der Waals surface area (Å²) in [4.78, 5) is 11.9. The van der Waals surface area contributed by atoms with Crippen LogP contribution in [0.1, 0.15) is 37.5 Å². The molecule has 1 amide bonds. The summed E-state index contributed by atoms with van der Waals surface area (Å²) in [6.07, 6.45) is -0.496. The Kier molecular flexibility index (Phi) is 12.6. The van der Waals surface area contributed by atoms with Gasteiger partial charge >= 0.3 is 6.09 Å². The Morgan fingerprint density at radius 2 is 1.44 bits per heavy atom. The predicted octanol–water partition coefficient (Wildman–Crippen LogP) is 6.13. The molecule has 0 saturated carbocycles. The third-order valence-corrected chi connectivity index (χ3v) is 6.13. The maximum atomic E-state index is 11.9. The van der Waals surface area contributed by atoms with Gasteiger partial charge in [0.15, 0.2) is 11.5 Å². The summed E-state index contributed by atoms with van der Waals surface area (Å²) in [5.74, 6) is 2.98. The molecular formula is C33H44N2O8. The quantitative estimate of drug-likeness (QED) is 0.189. The van der Waals surface area contributed by atoms with E-state index in [1.54, 1.807) is 21.3 Å². The van der Waals surface area contributed by atoms with E-state index in [9.17, 15) is 4.79 Å². The molecule has 0 fully saturated rings. The molecule has 0 unspecified atom stereocenters. The minimum atomic E-state index is -0.566. The van der Waals surface area contributed by atoms with Gasteiger partial charge in [0.1, 0.15) is 36.1 Å². The highest BCUT2D eigenvalue weighted by Gasteiger charge is 2.16. The molecule has 0 aromatic heterocycles. The lowest BCUT2D eigenvalue weighted by Gasteiger charge is -2.20. The SMILES string of the molecule is COc1ccc(NCc2c(OC)cc(OCCOCc3ccc(C)cc3)cc2OC)cc1OCCNC(=O)OC(C)(C)C. The molecule has 10 heteroatoms. The summed E-state index contributed by atoms with van der Waals surface area (Å²) in [5.41, 5.74) is 3.40. The van der Waals surface area contributed by atoms with Gasteiger partial charge in [-0.2, -0.15) is 0 Å². The Balaban J connectivity index is 1.55. The van der Waals surface area contributed by atoms with Crippen LogP contribution in [0.25, 0.3) is 0 Å². The van der Waals surface area contributed by atoms with Crippen molar-refractivity contribution in [3.8, 4) is 28.7 Å². The maximum Gasteiger partial charge on any atom is 0.407 e. The molecule has 3 rings (SSSR count). The van der Waals surface area contributed by atoms with Gasteiger partial charge < -0.3 is 43.8 Å². The van der Waals surface area contributed by atoms with Crippen LogP contribution in [-0.4, -0.2) is 59.4 Å². The number of benzene rings is 3. The van der Waals surface area contributed by atoms with Gasteiger partial charge in [-0.1, -0.05) is 29.8 Å². The fraction of sp³-hybridized carbons (Fsp3) is 0.424. The van der Waals surface area contributed by atoms with E-state index < -0.39 is 11.7 Å². The fourth-order valence-corrected chi connectivity index (χ4v) is 4.03. The summed E-state index contributed by atoms with van der Waals surface area (Å²) >= 11 is 0. The molecular weight excluding hydrogens is 552 g/mol. The number of carbonyl (C=O) groups is 1. The van der Waals surface area contributed by atoms with Crippen LogP contribution in [-0.2, 0) is 22.6 Å². The van der Waals surface area contributed by atoms with E-state index >= 15 is 0 Å². The van der Waals surface area contributed by atoms with E-state index in [0.717, 1.165) is 16.8 Å². The molecule has 2 N–H and O–H groups in total. The van der Waals surface area contributed by atoms with Gasteiger partial charge in [0.2, 0.25) is 0 Å². The smallest absolute Gasteiger partial charge is 0.407 e. The van der Waals surface area contributed by atoms with Crippen LogP contribution in [0.5, 0.6) is 28.7 Å². The number of anilines is 1. The molecule has 0 spiro atoms. The van der Waals surface area contributed by atoms with Crippen molar-refractivity contribution < 1.29 is 38.0 Å². The number of amides is 1. The number of hydrogen-bond acceptors (Lipinski definition) is 9. The van der Waals surface area contributed by atoms with Crippen molar-refractivity contribution in [2.24, 2.45) is 0 Å². The molecule has 0 bridgehead atoms. The maximum absolute atomic E-state index is 11.9. The van der Waals surface area contributed by atoms with Crippen molar-refractivity contribution in [2.45, 2.75) is 46.4 Å². The first-order chi connectivity index (χ1) is 20.6. The van der Waals surface area contributed by atoms with Gasteiger partial charge in [0.25, 0.3) is 0 Å². The standard InChI is InChI=1S/C33H44N2O8/c1-23-8-10-24(11-9-23)22-40-16-17-41-26-19-29(38-6)27(30(20-26)39-7)21-35-25-12-13-28(37-5)31(18-25)42-15-14-34-32(36)43-33(2,3)4/h8-13,18-20,35H,14-17,21-22H2,1-7H3,(H,34,36). The van der Waals surface area contributed by atoms with Gasteiger partial charge in [0, 0.05) is 30.4 Å². The van der Waals surface area contributed by atoms with Crippen molar-refractivity contribution in [3.05, 3.63) is 71.3 Å². The third kappa shape index (κ3) is 11.1. The van der Waals surface area contributed by atoms with Gasteiger partial charge in [0.05, 0.1) is 46.7 Å². The lowest BCUT2D eigenvalue weighted by Crippen LogP contribution is -2.34. The third-order valence-electron chi connectivity index (χ3n) is 6.13. The van der Waals surface area contributed by atoms with E-state index in [2.05, 4.69) is 41.8 Å². The fourth-order valence-electron chi connectivity index (χ4n) is 4.03. The number of rotatable bonds is 16. The molecule has 3 aromatic rings. The summed E-state index contributed by atoms with van der Waals surface area (Å²) < 4.78 is 39.6. The molecule has 0 aliphatic rings. The topological polar surface area (TPSA) is 106 Å². The molecule has 0 heterocycles. The van der Waals surface area contributed by atoms with Crippen LogP contribution in [0.15, 0.2) is 54.6 Å². The second kappa shape index (κ2) is 16.4. The zero-order valence-corrected chi connectivity index (χ0v) is 26.2. The Morgan fingerprint density at radius 3 is 2.07 bits per heavy atom. The lowest BCUT2D eigenvalue weighted by molar-refractivity contribution is 0.0520. The normalized spacial score (nSPS) is 11.0. The van der Waals surface area contributed by atoms with Gasteiger partial charge in [-0.3, -0.25) is 0 Å². The summed E-state index contributed by atoms with van der Waals surface area (Å²) in [6.45, 7) is 9.78. The van der Waals surface area contributed by atoms with Gasteiger partial charge in [-0.25, -0.2) is 4.79 Å². The molecule has 0 aliphatic heterocycles. The van der Waals surface area contributed by atoms with Crippen molar-refractivity contribution >= 4 is 11.8 Å². The Hall–Kier alpha value is -4.31. The second-order valence-corrected chi connectivity index (χ2v) is 10.7. The molecule has 0 aliphatic carbocycles. The first-order valence-electron chi connectivity index (χ1n) is 14.1. The van der Waals surface area contributed by atoms with E-state index in [4.69, 9.17) is 33.2 Å². The highest BCUT2D eigenvalue weighted by molar-refractivity contribution is 5.67. The first kappa shape index (κ1) is 33.2. The lowest BCUT2D eigenvalue weighted by atomic mass is 10.1. The highest BCUT2D eigenvalue weighted by atomic mass is 16.6. The van der Waals surface area contributed by atoms with Gasteiger partial charge in [-0.15, -0.1) is 0 Å². The van der Waals surface area contributed by atoms with Crippen LogP contribution >= 0.6 is 0 Å². The van der Waals surface area contributed by atoms with Crippen molar-refractivity contribution in [1.82, 2.24) is 5.32 Å². The molecule has 0 atom stereocenters. The predicted molar refractivity (Wildman–Crippen MR) is 166 cm³/mol. The number of nitrogens with one attached hydrogen (secondary N) is 2. The minimum absolute atomic E-state index is 0.235. The van der Waals surface area contributed by atoms with Crippen molar-refractivity contribution in [3.63, 3.8) is 0 Å². The first-order valence-corrected chi connectivity index (χ1v) is 14.1. The Labute approximate surface area is 254 Å². The van der Waals surface area contributed by atoms with Gasteiger partial charge in [-0.05, 0) is 45.4 Å². The monoisotopic (exact) mass is 596 g/mol. The van der Waals surface area contributed by atoms with Crippen LogP contribution < -0.4 is 34.3 Å². The number of alkyl carbamates (subject to hydrolysis) is 1. The van der Waals surface area contributed by atoms with E-state index in [-0.39, 0.29) is 13.2 Å². The number of methoxy groups -OCH3 is 3. The van der Waals surface area contributed by atoms with Crippen molar-refractivity contribution in [1.29, 1.82) is 0 Å².